The highest BCUT2D eigenvalue weighted by atomic mass is 16.5. The molecule has 3 heteroatoms. The Labute approximate surface area is 115 Å². The van der Waals surface area contributed by atoms with Crippen molar-refractivity contribution in [2.75, 3.05) is 26.3 Å². The molecule has 1 saturated heterocycles. The van der Waals surface area contributed by atoms with Crippen molar-refractivity contribution in [3.63, 3.8) is 0 Å². The molecule has 0 amide bonds. The lowest BCUT2D eigenvalue weighted by molar-refractivity contribution is 0.0766. The van der Waals surface area contributed by atoms with Crippen LogP contribution in [0, 0.1) is 0 Å². The molecule has 2 aliphatic rings. The van der Waals surface area contributed by atoms with Crippen molar-refractivity contribution in [1.29, 1.82) is 0 Å². The predicted octanol–water partition coefficient (Wildman–Crippen LogP) is 1.64. The molecule has 0 saturated carbocycles. The van der Waals surface area contributed by atoms with Gasteiger partial charge in [0, 0.05) is 25.7 Å². The summed E-state index contributed by atoms with van der Waals surface area (Å²) >= 11 is 0. The molecular weight excluding hydrogens is 236 g/mol. The summed E-state index contributed by atoms with van der Waals surface area (Å²) in [6.07, 6.45) is 5.25. The van der Waals surface area contributed by atoms with E-state index >= 15 is 0 Å². The monoisotopic (exact) mass is 260 g/mol. The van der Waals surface area contributed by atoms with Crippen LogP contribution in [-0.2, 0) is 24.1 Å². The predicted molar refractivity (Wildman–Crippen MR) is 77.4 cm³/mol. The number of hydrogen-bond acceptors (Lipinski definition) is 3. The highest BCUT2D eigenvalue weighted by Gasteiger charge is 2.12. The van der Waals surface area contributed by atoms with E-state index in [1.54, 1.807) is 11.1 Å². The highest BCUT2D eigenvalue weighted by molar-refractivity contribution is 5.33. The summed E-state index contributed by atoms with van der Waals surface area (Å²) in [5.41, 5.74) is 4.55. The van der Waals surface area contributed by atoms with Gasteiger partial charge in [0.25, 0.3) is 0 Å². The van der Waals surface area contributed by atoms with Crippen molar-refractivity contribution in [2.24, 2.45) is 0 Å². The number of benzene rings is 1. The lowest BCUT2D eigenvalue weighted by Gasteiger charge is -2.24. The van der Waals surface area contributed by atoms with Crippen LogP contribution in [0.25, 0.3) is 0 Å². The Kier molecular flexibility index (Phi) is 4.49. The Morgan fingerprint density at radius 1 is 1.21 bits per heavy atom. The number of ether oxygens (including phenoxy) is 1. The molecule has 19 heavy (non-hydrogen) atoms. The zero-order valence-corrected chi connectivity index (χ0v) is 11.6. The van der Waals surface area contributed by atoms with Gasteiger partial charge in [0.2, 0.25) is 0 Å². The van der Waals surface area contributed by atoms with Crippen LogP contribution >= 0.6 is 0 Å². The van der Waals surface area contributed by atoms with Gasteiger partial charge in [-0.2, -0.15) is 0 Å². The van der Waals surface area contributed by atoms with Crippen LogP contribution in [-0.4, -0.2) is 32.3 Å². The fourth-order valence-electron chi connectivity index (χ4n) is 3.04. The quantitative estimate of drug-likeness (QED) is 0.863. The van der Waals surface area contributed by atoms with E-state index in [-0.39, 0.29) is 0 Å². The van der Waals surface area contributed by atoms with Crippen molar-refractivity contribution in [3.05, 3.63) is 34.9 Å². The summed E-state index contributed by atoms with van der Waals surface area (Å²) in [6.45, 7) is 4.60. The van der Waals surface area contributed by atoms with Gasteiger partial charge in [0.15, 0.2) is 0 Å². The Morgan fingerprint density at radius 3 is 2.95 bits per heavy atom. The molecule has 0 aromatic heterocycles. The Morgan fingerprint density at radius 2 is 2.11 bits per heavy atom. The van der Waals surface area contributed by atoms with Crippen molar-refractivity contribution >= 4 is 0 Å². The minimum Gasteiger partial charge on any atom is -0.378 e. The van der Waals surface area contributed by atoms with Crippen molar-refractivity contribution < 1.29 is 4.74 Å². The van der Waals surface area contributed by atoms with Crippen molar-refractivity contribution in [2.45, 2.75) is 38.3 Å². The summed E-state index contributed by atoms with van der Waals surface area (Å²) < 4.78 is 5.46. The molecule has 104 valence electrons. The van der Waals surface area contributed by atoms with Gasteiger partial charge >= 0.3 is 0 Å². The normalized spacial score (nSPS) is 23.1. The van der Waals surface area contributed by atoms with Gasteiger partial charge in [-0.05, 0) is 42.4 Å². The van der Waals surface area contributed by atoms with Gasteiger partial charge in [-0.1, -0.05) is 18.2 Å². The maximum atomic E-state index is 5.46. The van der Waals surface area contributed by atoms with E-state index in [0.29, 0.717) is 6.04 Å². The van der Waals surface area contributed by atoms with E-state index in [9.17, 15) is 0 Å². The molecule has 3 nitrogen and oxygen atoms in total. The van der Waals surface area contributed by atoms with Gasteiger partial charge in [0.1, 0.15) is 0 Å². The molecule has 1 aliphatic carbocycles. The number of fused-ring (bicyclic) bond motifs is 1. The first kappa shape index (κ1) is 13.1. The Bertz CT molecular complexity index is 413. The van der Waals surface area contributed by atoms with E-state index in [1.165, 1.54) is 31.2 Å². The van der Waals surface area contributed by atoms with Crippen LogP contribution in [0.4, 0.5) is 0 Å². The fourth-order valence-corrected chi connectivity index (χ4v) is 3.04. The molecule has 1 heterocycles. The minimum absolute atomic E-state index is 0.464. The number of morpholine rings is 1. The van der Waals surface area contributed by atoms with Gasteiger partial charge in [-0.3, -0.25) is 0 Å². The second kappa shape index (κ2) is 6.51. The number of hydrogen-bond donors (Lipinski definition) is 2. The maximum absolute atomic E-state index is 5.46. The molecular formula is C16H24N2O. The van der Waals surface area contributed by atoms with Gasteiger partial charge in [0.05, 0.1) is 13.2 Å². The number of aryl methyl sites for hydroxylation is 2. The summed E-state index contributed by atoms with van der Waals surface area (Å²) in [5, 5.41) is 7.00. The largest absolute Gasteiger partial charge is 0.378 e. The molecule has 1 atom stereocenters. The SMILES string of the molecule is c1cc2c(cc1CNCC1COCCN1)CCCC2. The van der Waals surface area contributed by atoms with Crippen LogP contribution in [0.2, 0.25) is 0 Å². The summed E-state index contributed by atoms with van der Waals surface area (Å²) in [6, 6.07) is 7.47. The molecule has 0 spiro atoms. The average Bonchev–Trinajstić information content (AvgIpc) is 2.48. The van der Waals surface area contributed by atoms with E-state index in [4.69, 9.17) is 4.74 Å². The summed E-state index contributed by atoms with van der Waals surface area (Å²) in [5.74, 6) is 0. The first-order valence-corrected chi connectivity index (χ1v) is 7.54. The third-order valence-electron chi connectivity index (χ3n) is 4.13. The van der Waals surface area contributed by atoms with Gasteiger partial charge < -0.3 is 15.4 Å². The second-order valence-corrected chi connectivity index (χ2v) is 5.67. The van der Waals surface area contributed by atoms with Crippen LogP contribution < -0.4 is 10.6 Å². The maximum Gasteiger partial charge on any atom is 0.0632 e. The molecule has 3 rings (SSSR count). The third-order valence-corrected chi connectivity index (χ3v) is 4.13. The number of rotatable bonds is 4. The van der Waals surface area contributed by atoms with Crippen LogP contribution in [0.3, 0.4) is 0 Å². The lowest BCUT2D eigenvalue weighted by atomic mass is 9.90. The molecule has 1 unspecified atom stereocenters. The lowest BCUT2D eigenvalue weighted by Crippen LogP contribution is -2.47. The molecule has 0 bridgehead atoms. The topological polar surface area (TPSA) is 33.3 Å². The standard InChI is InChI=1S/C16H24N2O/c1-2-4-15-9-13(5-6-14(15)3-1)10-17-11-16-12-19-8-7-18-16/h5-6,9,16-18H,1-4,7-8,10-12H2. The average molecular weight is 260 g/mol. The van der Waals surface area contributed by atoms with E-state index < -0.39 is 0 Å². The summed E-state index contributed by atoms with van der Waals surface area (Å²) in [4.78, 5) is 0. The highest BCUT2D eigenvalue weighted by Crippen LogP contribution is 2.22. The van der Waals surface area contributed by atoms with E-state index in [0.717, 1.165) is 32.8 Å². The fraction of sp³-hybridized carbons (Fsp3) is 0.625. The second-order valence-electron chi connectivity index (χ2n) is 5.67. The van der Waals surface area contributed by atoms with Crippen LogP contribution in [0.1, 0.15) is 29.5 Å². The molecule has 1 fully saturated rings. The van der Waals surface area contributed by atoms with E-state index in [1.807, 2.05) is 0 Å². The molecule has 2 N–H and O–H groups in total. The van der Waals surface area contributed by atoms with Crippen LogP contribution in [0.5, 0.6) is 0 Å². The third kappa shape index (κ3) is 3.56. The van der Waals surface area contributed by atoms with Crippen molar-refractivity contribution in [1.82, 2.24) is 10.6 Å². The first-order chi connectivity index (χ1) is 9.42. The zero-order chi connectivity index (χ0) is 12.9. The van der Waals surface area contributed by atoms with Gasteiger partial charge in [-0.15, -0.1) is 0 Å². The zero-order valence-electron chi connectivity index (χ0n) is 11.6. The molecule has 0 radical (unpaired) electrons. The molecule has 1 aromatic carbocycles. The summed E-state index contributed by atoms with van der Waals surface area (Å²) in [7, 11) is 0. The smallest absolute Gasteiger partial charge is 0.0632 e. The van der Waals surface area contributed by atoms with Gasteiger partial charge in [-0.25, -0.2) is 0 Å². The number of nitrogens with one attached hydrogen (secondary N) is 2. The van der Waals surface area contributed by atoms with Crippen molar-refractivity contribution in [3.8, 4) is 0 Å². The molecule has 1 aromatic rings. The Balaban J connectivity index is 1.49. The Hall–Kier alpha value is -0.900. The first-order valence-electron chi connectivity index (χ1n) is 7.54. The molecule has 1 aliphatic heterocycles. The van der Waals surface area contributed by atoms with E-state index in [2.05, 4.69) is 28.8 Å². The van der Waals surface area contributed by atoms with Crippen LogP contribution in [0.15, 0.2) is 18.2 Å². The minimum atomic E-state index is 0.464.